The summed E-state index contributed by atoms with van der Waals surface area (Å²) in [5, 5.41) is 6.50. The molecule has 0 atom stereocenters. The van der Waals surface area contributed by atoms with E-state index in [-0.39, 0.29) is 0 Å². The quantitative estimate of drug-likeness (QED) is 0.398. The highest BCUT2D eigenvalue weighted by Crippen LogP contribution is 1.69. The van der Waals surface area contributed by atoms with Gasteiger partial charge in [0.25, 0.3) is 0 Å². The highest BCUT2D eigenvalue weighted by atomic mass is 16.5. The van der Waals surface area contributed by atoms with Crippen LogP contribution in [0, 0.1) is 5.41 Å². The summed E-state index contributed by atoms with van der Waals surface area (Å²) in [6.45, 7) is 0.670. The first-order chi connectivity index (χ1) is 2.91. The van der Waals surface area contributed by atoms with Crippen molar-refractivity contribution in [3.8, 4) is 0 Å². The summed E-state index contributed by atoms with van der Waals surface area (Å²) in [7, 11) is 1.63. The van der Waals surface area contributed by atoms with Crippen molar-refractivity contribution in [2.75, 3.05) is 13.7 Å². The van der Waals surface area contributed by atoms with E-state index in [0.717, 1.165) is 6.42 Å². The van der Waals surface area contributed by atoms with Gasteiger partial charge in [0.2, 0.25) is 0 Å². The number of hydrogen-bond acceptors (Lipinski definition) is 2. The third kappa shape index (κ3) is 3.63. The number of ether oxygens (including phenoxy) is 1. The second kappa shape index (κ2) is 4.63. The minimum absolute atomic E-state index is 0.670. The van der Waals surface area contributed by atoms with Crippen LogP contribution in [0.25, 0.3) is 0 Å². The average Bonchev–Trinajstić information content (AvgIpc) is 1.61. The van der Waals surface area contributed by atoms with Crippen LogP contribution in [0.1, 0.15) is 6.42 Å². The zero-order valence-corrected chi connectivity index (χ0v) is 3.90. The molecule has 1 N–H and O–H groups in total. The number of nitrogens with one attached hydrogen (secondary N) is 1. The molecule has 0 heterocycles. The van der Waals surface area contributed by atoms with Crippen molar-refractivity contribution in [1.29, 1.82) is 5.41 Å². The van der Waals surface area contributed by atoms with Gasteiger partial charge in [0.15, 0.2) is 0 Å². The molecule has 6 heavy (non-hydrogen) atoms. The van der Waals surface area contributed by atoms with Crippen molar-refractivity contribution < 1.29 is 4.74 Å². The van der Waals surface area contributed by atoms with Crippen molar-refractivity contribution >= 4 is 6.21 Å². The van der Waals surface area contributed by atoms with E-state index in [9.17, 15) is 0 Å². The summed E-state index contributed by atoms with van der Waals surface area (Å²) in [4.78, 5) is 0. The lowest BCUT2D eigenvalue weighted by molar-refractivity contribution is 0.208. The van der Waals surface area contributed by atoms with Crippen LogP contribution in [-0.2, 0) is 4.74 Å². The van der Waals surface area contributed by atoms with Crippen LogP contribution in [0.3, 0.4) is 0 Å². The Kier molecular flexibility index (Phi) is 4.34. The molecule has 0 aliphatic carbocycles. The van der Waals surface area contributed by atoms with Crippen LogP contribution < -0.4 is 0 Å². The van der Waals surface area contributed by atoms with Gasteiger partial charge in [-0.1, -0.05) is 0 Å². The normalized spacial score (nSPS) is 8.17. The van der Waals surface area contributed by atoms with E-state index in [2.05, 4.69) is 4.74 Å². The summed E-state index contributed by atoms with van der Waals surface area (Å²) in [5.74, 6) is 0. The Hall–Kier alpha value is -0.370. The standard InChI is InChI=1S/C4H9NO/c1-6-4-2-3-5/h3,5H,2,4H2,1H3. The maximum absolute atomic E-state index is 6.50. The van der Waals surface area contributed by atoms with Gasteiger partial charge >= 0.3 is 0 Å². The Labute approximate surface area is 37.6 Å². The van der Waals surface area contributed by atoms with Crippen molar-refractivity contribution in [3.63, 3.8) is 0 Å². The maximum atomic E-state index is 6.50. The molecule has 0 aromatic heterocycles. The maximum Gasteiger partial charge on any atom is 0.0511 e. The van der Waals surface area contributed by atoms with Gasteiger partial charge in [0.1, 0.15) is 0 Å². The van der Waals surface area contributed by atoms with E-state index >= 15 is 0 Å². The van der Waals surface area contributed by atoms with E-state index in [1.54, 1.807) is 7.11 Å². The van der Waals surface area contributed by atoms with Gasteiger partial charge in [0, 0.05) is 13.5 Å². The van der Waals surface area contributed by atoms with Crippen LogP contribution >= 0.6 is 0 Å². The van der Waals surface area contributed by atoms with Gasteiger partial charge in [-0.15, -0.1) is 0 Å². The zero-order valence-electron chi connectivity index (χ0n) is 3.90. The first kappa shape index (κ1) is 5.63. The first-order valence-electron chi connectivity index (χ1n) is 1.89. The fourth-order valence-corrected chi connectivity index (χ4v) is 0.177. The molecule has 0 saturated carbocycles. The summed E-state index contributed by atoms with van der Waals surface area (Å²) in [6, 6.07) is 0. The molecule has 36 valence electrons. The molecule has 0 aromatic carbocycles. The molecule has 0 amide bonds. The summed E-state index contributed by atoms with van der Waals surface area (Å²) in [6.07, 6.45) is 2.07. The smallest absolute Gasteiger partial charge is 0.0511 e. The third-order valence-corrected chi connectivity index (χ3v) is 0.466. The molecule has 2 nitrogen and oxygen atoms in total. The first-order valence-corrected chi connectivity index (χ1v) is 1.89. The molecule has 0 aromatic rings. The number of rotatable bonds is 3. The van der Waals surface area contributed by atoms with Crippen LogP contribution in [0.2, 0.25) is 0 Å². The fourth-order valence-electron chi connectivity index (χ4n) is 0.177. The van der Waals surface area contributed by atoms with E-state index < -0.39 is 0 Å². The molecule has 0 rings (SSSR count). The van der Waals surface area contributed by atoms with Gasteiger partial charge in [-0.05, 0) is 6.21 Å². The van der Waals surface area contributed by atoms with Gasteiger partial charge in [-0.2, -0.15) is 0 Å². The van der Waals surface area contributed by atoms with Crippen LogP contribution in [0.15, 0.2) is 0 Å². The molecule has 0 spiro atoms. The second-order valence-electron chi connectivity index (χ2n) is 0.986. The zero-order chi connectivity index (χ0) is 4.83. The van der Waals surface area contributed by atoms with E-state index in [0.29, 0.717) is 6.61 Å². The summed E-state index contributed by atoms with van der Waals surface area (Å²) >= 11 is 0. The average molecular weight is 87.1 g/mol. The van der Waals surface area contributed by atoms with E-state index in [1.807, 2.05) is 0 Å². The number of methoxy groups -OCH3 is 1. The SMILES string of the molecule is COCCC=N. The molecule has 0 radical (unpaired) electrons. The van der Waals surface area contributed by atoms with Crippen molar-refractivity contribution in [2.45, 2.75) is 6.42 Å². The highest BCUT2D eigenvalue weighted by molar-refractivity contribution is 5.52. The van der Waals surface area contributed by atoms with E-state index in [1.165, 1.54) is 6.21 Å². The molecule has 0 saturated heterocycles. The van der Waals surface area contributed by atoms with Crippen LogP contribution in [-0.4, -0.2) is 19.9 Å². The molecular formula is C4H9NO. The minimum Gasteiger partial charge on any atom is -0.384 e. The summed E-state index contributed by atoms with van der Waals surface area (Å²) in [5.41, 5.74) is 0. The van der Waals surface area contributed by atoms with Crippen molar-refractivity contribution in [2.24, 2.45) is 0 Å². The lowest BCUT2D eigenvalue weighted by atomic mass is 10.5. The van der Waals surface area contributed by atoms with Gasteiger partial charge in [0.05, 0.1) is 6.61 Å². The summed E-state index contributed by atoms with van der Waals surface area (Å²) < 4.78 is 4.63. The third-order valence-electron chi connectivity index (χ3n) is 0.466. The largest absolute Gasteiger partial charge is 0.384 e. The number of hydrogen-bond donors (Lipinski definition) is 1. The minimum atomic E-state index is 0.670. The Morgan fingerprint density at radius 2 is 2.50 bits per heavy atom. The molecule has 0 aliphatic heterocycles. The highest BCUT2D eigenvalue weighted by Gasteiger charge is 1.71. The van der Waals surface area contributed by atoms with Crippen molar-refractivity contribution in [1.82, 2.24) is 0 Å². The van der Waals surface area contributed by atoms with Gasteiger partial charge in [-0.3, -0.25) is 0 Å². The molecule has 0 aliphatic rings. The van der Waals surface area contributed by atoms with Gasteiger partial charge in [-0.25, -0.2) is 0 Å². The molecule has 0 unspecified atom stereocenters. The monoisotopic (exact) mass is 87.1 g/mol. The predicted octanol–water partition coefficient (Wildman–Crippen LogP) is 0.672. The predicted molar refractivity (Wildman–Crippen MR) is 25.3 cm³/mol. The van der Waals surface area contributed by atoms with Crippen LogP contribution in [0.4, 0.5) is 0 Å². The Morgan fingerprint density at radius 3 is 2.67 bits per heavy atom. The second-order valence-corrected chi connectivity index (χ2v) is 0.986. The molecule has 2 heteroatoms. The van der Waals surface area contributed by atoms with Crippen molar-refractivity contribution in [3.05, 3.63) is 0 Å². The Morgan fingerprint density at radius 1 is 1.83 bits per heavy atom. The molecular weight excluding hydrogens is 78.0 g/mol. The Bertz CT molecular complexity index is 36.5. The fraction of sp³-hybridized carbons (Fsp3) is 0.750. The van der Waals surface area contributed by atoms with Gasteiger partial charge < -0.3 is 10.1 Å². The Balaban J connectivity index is 2.49. The molecule has 0 fully saturated rings. The lowest BCUT2D eigenvalue weighted by Gasteiger charge is -1.85. The topological polar surface area (TPSA) is 33.1 Å². The van der Waals surface area contributed by atoms with E-state index in [4.69, 9.17) is 5.41 Å². The van der Waals surface area contributed by atoms with Crippen LogP contribution in [0.5, 0.6) is 0 Å². The lowest BCUT2D eigenvalue weighted by Crippen LogP contribution is -1.85. The molecule has 0 bridgehead atoms.